The fourth-order valence-electron chi connectivity index (χ4n) is 8.75. The van der Waals surface area contributed by atoms with Crippen LogP contribution in [0.1, 0.15) is 49.7 Å². The molecular formula is C37H37N5O3. The van der Waals surface area contributed by atoms with Crippen molar-refractivity contribution in [3.63, 3.8) is 0 Å². The number of nitriles is 1. The zero-order chi connectivity index (χ0) is 30.9. The Hall–Kier alpha value is -4.50. The van der Waals surface area contributed by atoms with E-state index in [0.717, 1.165) is 75.5 Å². The van der Waals surface area contributed by atoms with Gasteiger partial charge in [-0.3, -0.25) is 9.69 Å². The summed E-state index contributed by atoms with van der Waals surface area (Å²) in [5.41, 5.74) is 3.64. The monoisotopic (exact) mass is 599 g/mol. The van der Waals surface area contributed by atoms with Gasteiger partial charge in [0.05, 0.1) is 27.8 Å². The molecule has 4 fully saturated rings. The molecule has 8 rings (SSSR count). The lowest BCUT2D eigenvalue weighted by atomic mass is 9.95. The number of hydrogen-bond acceptors (Lipinski definition) is 7. The molecule has 0 saturated carbocycles. The first-order valence-electron chi connectivity index (χ1n) is 16.1. The number of aryl methyl sites for hydroxylation is 1. The Morgan fingerprint density at radius 1 is 1.09 bits per heavy atom. The van der Waals surface area contributed by atoms with E-state index in [4.69, 9.17) is 11.2 Å². The Labute approximate surface area is 262 Å². The van der Waals surface area contributed by atoms with Crippen molar-refractivity contribution in [1.82, 2.24) is 14.8 Å². The third-order valence-electron chi connectivity index (χ3n) is 10.8. The van der Waals surface area contributed by atoms with E-state index < -0.39 is 0 Å². The number of aromatic nitrogens is 1. The summed E-state index contributed by atoms with van der Waals surface area (Å²) in [6.07, 6.45) is 12.6. The van der Waals surface area contributed by atoms with Gasteiger partial charge in [-0.05, 0) is 75.2 Å². The van der Waals surface area contributed by atoms with Crippen molar-refractivity contribution in [2.75, 3.05) is 37.7 Å². The van der Waals surface area contributed by atoms with Crippen LogP contribution in [0, 0.1) is 23.7 Å². The van der Waals surface area contributed by atoms with Crippen molar-refractivity contribution in [3.05, 3.63) is 63.8 Å². The highest BCUT2D eigenvalue weighted by Crippen LogP contribution is 2.43. The zero-order valence-corrected chi connectivity index (χ0v) is 25.6. The molecule has 0 amide bonds. The molecular weight excluding hydrogens is 562 g/mol. The molecule has 4 aromatic rings. The second kappa shape index (κ2) is 10.5. The summed E-state index contributed by atoms with van der Waals surface area (Å²) in [6.45, 7) is 4.17. The van der Waals surface area contributed by atoms with E-state index >= 15 is 0 Å². The second-order valence-corrected chi connectivity index (χ2v) is 13.3. The van der Waals surface area contributed by atoms with E-state index in [9.17, 15) is 15.2 Å². The lowest BCUT2D eigenvalue weighted by molar-refractivity contribution is 0.113. The van der Waals surface area contributed by atoms with Gasteiger partial charge in [-0.15, -0.1) is 6.42 Å². The highest BCUT2D eigenvalue weighted by Gasteiger charge is 2.45. The van der Waals surface area contributed by atoms with Crippen molar-refractivity contribution >= 4 is 27.4 Å². The Balaban J connectivity index is 1.36. The number of anilines is 1. The number of rotatable bonds is 5. The van der Waals surface area contributed by atoms with Gasteiger partial charge in [0.25, 0.3) is 0 Å². The molecule has 4 aliphatic rings. The average molecular weight is 600 g/mol. The maximum absolute atomic E-state index is 14.3. The number of aromatic hydroxyl groups is 1. The van der Waals surface area contributed by atoms with Crippen LogP contribution < -0.4 is 20.4 Å². The molecule has 0 radical (unpaired) electrons. The maximum atomic E-state index is 14.3. The zero-order valence-electron chi connectivity index (χ0n) is 25.6. The summed E-state index contributed by atoms with van der Waals surface area (Å²) in [7, 11) is 1.93. The summed E-state index contributed by atoms with van der Waals surface area (Å²) in [4.78, 5) is 19.1. The van der Waals surface area contributed by atoms with Gasteiger partial charge >= 0.3 is 0 Å². The van der Waals surface area contributed by atoms with E-state index in [2.05, 4.69) is 27.1 Å². The van der Waals surface area contributed by atoms with Gasteiger partial charge < -0.3 is 24.6 Å². The third kappa shape index (κ3) is 4.39. The molecule has 2 bridgehead atoms. The molecule has 1 aromatic heterocycles. The largest absolute Gasteiger partial charge is 0.508 e. The molecule has 0 aliphatic carbocycles. The molecule has 2 N–H and O–H groups in total. The summed E-state index contributed by atoms with van der Waals surface area (Å²) in [5.74, 6) is 3.40. The smallest absolute Gasteiger partial charge is 0.192 e. The molecule has 4 aliphatic heterocycles. The molecule has 5 heterocycles. The van der Waals surface area contributed by atoms with Gasteiger partial charge in [0, 0.05) is 60.9 Å². The van der Waals surface area contributed by atoms with Crippen LogP contribution in [0.3, 0.4) is 0 Å². The van der Waals surface area contributed by atoms with Crippen LogP contribution in [0.5, 0.6) is 11.5 Å². The Kier molecular flexibility index (Phi) is 6.57. The molecule has 4 saturated heterocycles. The number of hydrogen-bond donors (Lipinski definition) is 2. The first kappa shape index (κ1) is 28.0. The molecule has 0 spiro atoms. The van der Waals surface area contributed by atoms with Gasteiger partial charge in [-0.1, -0.05) is 18.1 Å². The summed E-state index contributed by atoms with van der Waals surface area (Å²) >= 11 is 0. The molecule has 8 heteroatoms. The Bertz CT molecular complexity index is 2000. The minimum atomic E-state index is -0.173. The number of phenols is 1. The second-order valence-electron chi connectivity index (χ2n) is 13.3. The van der Waals surface area contributed by atoms with Crippen LogP contribution in [0.15, 0.2) is 47.3 Å². The first-order valence-corrected chi connectivity index (χ1v) is 16.1. The number of ether oxygens (including phenoxy) is 1. The molecule has 8 nitrogen and oxygen atoms in total. The Morgan fingerprint density at radius 2 is 1.84 bits per heavy atom. The number of nitrogens with zero attached hydrogens (tertiary/aromatic N) is 4. The van der Waals surface area contributed by atoms with Crippen LogP contribution in [0.25, 0.3) is 32.9 Å². The quantitative estimate of drug-likeness (QED) is 0.317. The number of terminal acetylenes is 1. The normalized spacial score (nSPS) is 22.1. The minimum absolute atomic E-state index is 0.00976. The fourth-order valence-corrected chi connectivity index (χ4v) is 8.75. The number of piperazine rings is 1. The van der Waals surface area contributed by atoms with Crippen LogP contribution >= 0.6 is 0 Å². The Morgan fingerprint density at radius 3 is 2.56 bits per heavy atom. The number of nitrogens with one attached hydrogen (secondary N) is 1. The number of benzene rings is 3. The highest BCUT2D eigenvalue weighted by molar-refractivity contribution is 6.03. The standard InChI is InChI=1S/C37H37N5O3/c1-3-23-7-4-8-24-15-27(43)16-28(34(23)24)30-17-32(44)35-31(40(30)2)18-33(45-22-37-11-5-13-42(37)14-6-12-37)29(19-38)36(35)41-20-25-9-10-26(21-41)39-25/h1,4,7-8,15-18,25-26,39,43H,5-6,9-14,20-22H2,2H3. The van der Waals surface area contributed by atoms with Crippen molar-refractivity contribution < 1.29 is 9.84 Å². The van der Waals surface area contributed by atoms with Crippen molar-refractivity contribution in [2.24, 2.45) is 7.05 Å². The lowest BCUT2D eigenvalue weighted by Gasteiger charge is -2.36. The maximum Gasteiger partial charge on any atom is 0.192 e. The van der Waals surface area contributed by atoms with Crippen molar-refractivity contribution in [1.29, 1.82) is 5.26 Å². The van der Waals surface area contributed by atoms with Crippen LogP contribution in [0.4, 0.5) is 5.69 Å². The molecule has 45 heavy (non-hydrogen) atoms. The van der Waals surface area contributed by atoms with E-state index in [1.807, 2.05) is 35.9 Å². The van der Waals surface area contributed by atoms with Crippen molar-refractivity contribution in [3.8, 4) is 41.2 Å². The predicted octanol–water partition coefficient (Wildman–Crippen LogP) is 4.87. The SMILES string of the molecule is C#Cc1cccc2cc(O)cc(-c3cc(=O)c4c(N5CC6CCC(C5)N6)c(C#N)c(OCC56CCCN5CCC6)cc4n3C)c12. The lowest BCUT2D eigenvalue weighted by Crippen LogP contribution is -2.51. The highest BCUT2D eigenvalue weighted by atomic mass is 16.5. The minimum Gasteiger partial charge on any atom is -0.508 e. The summed E-state index contributed by atoms with van der Waals surface area (Å²) < 4.78 is 8.69. The van der Waals surface area contributed by atoms with E-state index in [1.54, 1.807) is 18.2 Å². The predicted molar refractivity (Wildman–Crippen MR) is 177 cm³/mol. The van der Waals surface area contributed by atoms with E-state index in [0.29, 0.717) is 63.4 Å². The van der Waals surface area contributed by atoms with Gasteiger partial charge in [-0.25, -0.2) is 0 Å². The summed E-state index contributed by atoms with van der Waals surface area (Å²) in [5, 5.41) is 27.2. The molecule has 3 aromatic carbocycles. The third-order valence-corrected chi connectivity index (χ3v) is 10.8. The number of phenolic OH excluding ortho intramolecular Hbond substituents is 1. The first-order chi connectivity index (χ1) is 21.9. The number of pyridine rings is 1. The fraction of sp³-hybridized carbons (Fsp3) is 0.405. The van der Waals surface area contributed by atoms with Crippen LogP contribution in [0.2, 0.25) is 0 Å². The van der Waals surface area contributed by atoms with Gasteiger partial charge in [0.1, 0.15) is 29.7 Å². The van der Waals surface area contributed by atoms with Crippen LogP contribution in [-0.2, 0) is 7.05 Å². The van der Waals surface area contributed by atoms with Crippen LogP contribution in [-0.4, -0.2) is 65.0 Å². The molecule has 2 atom stereocenters. The van der Waals surface area contributed by atoms with E-state index in [1.165, 1.54) is 0 Å². The van der Waals surface area contributed by atoms with Gasteiger partial charge in [0.15, 0.2) is 5.43 Å². The van der Waals surface area contributed by atoms with E-state index in [-0.39, 0.29) is 16.7 Å². The topological polar surface area (TPSA) is 93.8 Å². The van der Waals surface area contributed by atoms with Crippen molar-refractivity contribution in [2.45, 2.75) is 56.1 Å². The summed E-state index contributed by atoms with van der Waals surface area (Å²) in [6, 6.07) is 15.6. The average Bonchev–Trinajstić information content (AvgIpc) is 3.73. The van der Waals surface area contributed by atoms with Gasteiger partial charge in [-0.2, -0.15) is 5.26 Å². The number of fused-ring (bicyclic) bond motifs is 5. The molecule has 2 unspecified atom stereocenters. The molecule has 228 valence electrons. The van der Waals surface area contributed by atoms with Gasteiger partial charge in [0.2, 0.25) is 0 Å².